The largest absolute Gasteiger partial charge is 0.354 e. The molecule has 0 atom stereocenters. The molecule has 98 valence electrons. The van der Waals surface area contributed by atoms with Crippen LogP contribution in [0.25, 0.3) is 0 Å². The van der Waals surface area contributed by atoms with Gasteiger partial charge >= 0.3 is 0 Å². The van der Waals surface area contributed by atoms with E-state index in [0.717, 1.165) is 0 Å². The topological polar surface area (TPSA) is 71.1 Å². The van der Waals surface area contributed by atoms with Gasteiger partial charge in [0.05, 0.1) is 6.54 Å². The third-order valence-electron chi connectivity index (χ3n) is 2.09. The second-order valence-electron chi connectivity index (χ2n) is 4.21. The number of rotatable bonds is 5. The monoisotopic (exact) mass is 313 g/mol. The van der Waals surface area contributed by atoms with Crippen LogP contribution in [0.4, 0.5) is 0 Å². The van der Waals surface area contributed by atoms with Crippen LogP contribution in [0.5, 0.6) is 0 Å². The first-order valence-corrected chi connectivity index (χ1v) is 6.45. The third kappa shape index (κ3) is 4.83. The molecule has 1 aromatic heterocycles. The molecule has 1 aromatic rings. The smallest absolute Gasteiger partial charge is 0.271 e. The Balaban J connectivity index is 2.42. The highest BCUT2D eigenvalue weighted by molar-refractivity contribution is 9.10. The Labute approximate surface area is 114 Å². The average Bonchev–Trinajstić information content (AvgIpc) is 2.34. The second kappa shape index (κ2) is 7.10. The SMILES string of the molecule is CC(C)CNC(=O)CNC(=O)c1ncccc1Br. The van der Waals surface area contributed by atoms with Crippen LogP contribution in [0, 0.1) is 5.92 Å². The van der Waals surface area contributed by atoms with Gasteiger partial charge in [-0.05, 0) is 34.0 Å². The maximum atomic E-state index is 11.7. The summed E-state index contributed by atoms with van der Waals surface area (Å²) in [6, 6.07) is 3.44. The zero-order chi connectivity index (χ0) is 13.5. The Kier molecular flexibility index (Phi) is 5.77. The van der Waals surface area contributed by atoms with Crippen molar-refractivity contribution in [2.45, 2.75) is 13.8 Å². The van der Waals surface area contributed by atoms with Crippen molar-refractivity contribution < 1.29 is 9.59 Å². The molecular weight excluding hydrogens is 298 g/mol. The molecule has 0 aromatic carbocycles. The number of hydrogen-bond donors (Lipinski definition) is 2. The van der Waals surface area contributed by atoms with Gasteiger partial charge in [0, 0.05) is 17.2 Å². The minimum absolute atomic E-state index is 0.0471. The molecule has 2 amide bonds. The highest BCUT2D eigenvalue weighted by atomic mass is 79.9. The lowest BCUT2D eigenvalue weighted by Gasteiger charge is -2.08. The molecule has 0 spiro atoms. The van der Waals surface area contributed by atoms with Crippen molar-refractivity contribution in [3.05, 3.63) is 28.5 Å². The molecule has 0 saturated carbocycles. The van der Waals surface area contributed by atoms with E-state index in [2.05, 4.69) is 31.5 Å². The molecular formula is C12H16BrN3O2. The van der Waals surface area contributed by atoms with Gasteiger partial charge in [-0.3, -0.25) is 9.59 Å². The van der Waals surface area contributed by atoms with E-state index >= 15 is 0 Å². The van der Waals surface area contributed by atoms with E-state index in [4.69, 9.17) is 0 Å². The average molecular weight is 314 g/mol. The molecule has 1 rings (SSSR count). The van der Waals surface area contributed by atoms with E-state index in [9.17, 15) is 9.59 Å². The number of amides is 2. The summed E-state index contributed by atoms with van der Waals surface area (Å²) in [6.07, 6.45) is 1.53. The fourth-order valence-electron chi connectivity index (χ4n) is 1.18. The second-order valence-corrected chi connectivity index (χ2v) is 5.07. The first-order valence-electron chi connectivity index (χ1n) is 5.66. The maximum absolute atomic E-state index is 11.7. The van der Waals surface area contributed by atoms with E-state index in [1.807, 2.05) is 13.8 Å². The normalized spacial score (nSPS) is 10.2. The van der Waals surface area contributed by atoms with Crippen molar-refractivity contribution in [2.75, 3.05) is 13.1 Å². The van der Waals surface area contributed by atoms with Crippen LogP contribution in [0.2, 0.25) is 0 Å². The van der Waals surface area contributed by atoms with Crippen molar-refractivity contribution in [3.8, 4) is 0 Å². The van der Waals surface area contributed by atoms with Crippen molar-refractivity contribution in [1.82, 2.24) is 15.6 Å². The summed E-state index contributed by atoms with van der Waals surface area (Å²) in [7, 11) is 0. The minimum atomic E-state index is -0.373. The maximum Gasteiger partial charge on any atom is 0.271 e. The Morgan fingerprint density at radius 1 is 1.39 bits per heavy atom. The van der Waals surface area contributed by atoms with E-state index in [1.165, 1.54) is 6.20 Å². The van der Waals surface area contributed by atoms with E-state index in [1.54, 1.807) is 12.1 Å². The van der Waals surface area contributed by atoms with Gasteiger partial charge in [-0.1, -0.05) is 13.8 Å². The Bertz CT molecular complexity index is 435. The quantitative estimate of drug-likeness (QED) is 0.862. The molecule has 5 nitrogen and oxygen atoms in total. The molecule has 1 heterocycles. The number of nitrogens with one attached hydrogen (secondary N) is 2. The van der Waals surface area contributed by atoms with Gasteiger partial charge in [-0.15, -0.1) is 0 Å². The molecule has 0 fully saturated rings. The van der Waals surface area contributed by atoms with Crippen LogP contribution in [0.3, 0.4) is 0 Å². The Morgan fingerprint density at radius 2 is 2.11 bits per heavy atom. The molecule has 2 N–H and O–H groups in total. The summed E-state index contributed by atoms with van der Waals surface area (Å²) < 4.78 is 0.602. The van der Waals surface area contributed by atoms with Crippen molar-refractivity contribution in [3.63, 3.8) is 0 Å². The number of halogens is 1. The van der Waals surface area contributed by atoms with Gasteiger partial charge in [-0.25, -0.2) is 4.98 Å². The Morgan fingerprint density at radius 3 is 2.72 bits per heavy atom. The molecule has 0 aliphatic heterocycles. The van der Waals surface area contributed by atoms with E-state index in [0.29, 0.717) is 16.9 Å². The van der Waals surface area contributed by atoms with Crippen molar-refractivity contribution >= 4 is 27.7 Å². The molecule has 0 aliphatic rings. The van der Waals surface area contributed by atoms with E-state index in [-0.39, 0.29) is 24.1 Å². The van der Waals surface area contributed by atoms with Gasteiger partial charge in [-0.2, -0.15) is 0 Å². The van der Waals surface area contributed by atoms with Crippen molar-refractivity contribution in [1.29, 1.82) is 0 Å². The van der Waals surface area contributed by atoms with Gasteiger partial charge in [0.25, 0.3) is 5.91 Å². The molecule has 0 aliphatic carbocycles. The molecule has 0 radical (unpaired) electrons. The summed E-state index contributed by atoms with van der Waals surface area (Å²) in [6.45, 7) is 4.56. The number of carbonyl (C=O) groups is 2. The first-order chi connectivity index (χ1) is 8.50. The van der Waals surface area contributed by atoms with Gasteiger partial charge in [0.2, 0.25) is 5.91 Å². The number of hydrogen-bond acceptors (Lipinski definition) is 3. The predicted molar refractivity (Wildman–Crippen MR) is 72.1 cm³/mol. The molecule has 6 heteroatoms. The highest BCUT2D eigenvalue weighted by Gasteiger charge is 2.12. The number of aromatic nitrogens is 1. The first kappa shape index (κ1) is 14.6. The third-order valence-corrected chi connectivity index (χ3v) is 2.73. The number of pyridine rings is 1. The lowest BCUT2D eigenvalue weighted by Crippen LogP contribution is -2.38. The zero-order valence-electron chi connectivity index (χ0n) is 10.4. The highest BCUT2D eigenvalue weighted by Crippen LogP contribution is 2.12. The summed E-state index contributed by atoms with van der Waals surface area (Å²) in [4.78, 5) is 27.1. The van der Waals surface area contributed by atoms with Gasteiger partial charge < -0.3 is 10.6 Å². The summed E-state index contributed by atoms with van der Waals surface area (Å²) in [5, 5.41) is 5.24. The zero-order valence-corrected chi connectivity index (χ0v) is 12.0. The molecule has 0 unspecified atom stereocenters. The standard InChI is InChI=1S/C12H16BrN3O2/c1-8(2)6-15-10(17)7-16-12(18)11-9(13)4-3-5-14-11/h3-5,8H,6-7H2,1-2H3,(H,15,17)(H,16,18). The number of carbonyl (C=O) groups excluding carboxylic acids is 2. The van der Waals surface area contributed by atoms with Crippen LogP contribution in [-0.2, 0) is 4.79 Å². The van der Waals surface area contributed by atoms with Gasteiger partial charge in [0.15, 0.2) is 0 Å². The predicted octanol–water partition coefficient (Wildman–Crippen LogP) is 1.35. The van der Waals surface area contributed by atoms with Gasteiger partial charge in [0.1, 0.15) is 5.69 Å². The fourth-order valence-corrected chi connectivity index (χ4v) is 1.61. The van der Waals surface area contributed by atoms with Crippen molar-refractivity contribution in [2.24, 2.45) is 5.92 Å². The summed E-state index contributed by atoms with van der Waals surface area (Å²) >= 11 is 3.23. The van der Waals surface area contributed by atoms with Crippen LogP contribution in [-0.4, -0.2) is 29.9 Å². The lowest BCUT2D eigenvalue weighted by molar-refractivity contribution is -0.120. The number of nitrogens with zero attached hydrogens (tertiary/aromatic N) is 1. The van der Waals surface area contributed by atoms with Crippen LogP contribution in [0.15, 0.2) is 22.8 Å². The summed E-state index contributed by atoms with van der Waals surface area (Å²) in [5.41, 5.74) is 0.272. The minimum Gasteiger partial charge on any atom is -0.354 e. The molecule has 18 heavy (non-hydrogen) atoms. The van der Waals surface area contributed by atoms with Crippen LogP contribution >= 0.6 is 15.9 Å². The molecule has 0 bridgehead atoms. The fraction of sp³-hybridized carbons (Fsp3) is 0.417. The lowest BCUT2D eigenvalue weighted by atomic mass is 10.2. The molecule has 0 saturated heterocycles. The summed E-state index contributed by atoms with van der Waals surface area (Å²) in [5.74, 6) is -0.194. The van der Waals surface area contributed by atoms with Crippen LogP contribution in [0.1, 0.15) is 24.3 Å². The van der Waals surface area contributed by atoms with E-state index < -0.39 is 0 Å². The van der Waals surface area contributed by atoms with Crippen LogP contribution < -0.4 is 10.6 Å². The Hall–Kier alpha value is -1.43.